The van der Waals surface area contributed by atoms with Gasteiger partial charge in [-0.25, -0.2) is 8.42 Å². The van der Waals surface area contributed by atoms with Crippen molar-refractivity contribution in [1.82, 2.24) is 9.21 Å². The second-order valence-corrected chi connectivity index (χ2v) is 8.20. The van der Waals surface area contributed by atoms with Gasteiger partial charge in [-0.05, 0) is 54.6 Å². The second-order valence-electron chi connectivity index (χ2n) is 5.22. The van der Waals surface area contributed by atoms with Crippen LogP contribution in [0.25, 0.3) is 0 Å². The Balaban J connectivity index is 3.18. The highest BCUT2D eigenvalue weighted by molar-refractivity contribution is 9.10. The molecule has 21 heavy (non-hydrogen) atoms. The fraction of sp³-hybridized carbons (Fsp3) is 0.571. The van der Waals surface area contributed by atoms with E-state index < -0.39 is 10.0 Å². The largest absolute Gasteiger partial charge is 0.308 e. The number of rotatable bonds is 7. The molecule has 0 fully saturated rings. The molecule has 1 atom stereocenters. The van der Waals surface area contributed by atoms with Crippen molar-refractivity contribution in [1.29, 1.82) is 0 Å². The van der Waals surface area contributed by atoms with Crippen LogP contribution in [0.4, 0.5) is 0 Å². The number of benzene rings is 1. The number of hydrogen-bond acceptors (Lipinski definition) is 3. The normalized spacial score (nSPS) is 13.9. The zero-order chi connectivity index (χ0) is 16.2. The van der Waals surface area contributed by atoms with Crippen LogP contribution in [-0.2, 0) is 15.9 Å². The third kappa shape index (κ3) is 4.66. The summed E-state index contributed by atoms with van der Waals surface area (Å²) in [6.45, 7) is 4.87. The number of alkyl halides is 1. The Labute approximate surface area is 141 Å². The van der Waals surface area contributed by atoms with E-state index in [4.69, 9.17) is 11.6 Å². The lowest BCUT2D eigenvalue weighted by Gasteiger charge is -2.29. The SMILES string of the molecule is CCN(C(C)CN(C)C)S(=O)(=O)c1ccc(CCl)cc1Br. The third-order valence-electron chi connectivity index (χ3n) is 3.17. The number of hydrogen-bond donors (Lipinski definition) is 0. The molecule has 1 rings (SSSR count). The molecule has 0 amide bonds. The van der Waals surface area contributed by atoms with Crippen molar-refractivity contribution in [3.63, 3.8) is 0 Å². The number of likely N-dealkylation sites (N-methyl/N-ethyl adjacent to an activating group) is 2. The van der Waals surface area contributed by atoms with Crippen molar-refractivity contribution in [3.05, 3.63) is 28.2 Å². The Hall–Kier alpha value is -0.140. The summed E-state index contributed by atoms with van der Waals surface area (Å²) in [5.74, 6) is 0.355. The van der Waals surface area contributed by atoms with Gasteiger partial charge in [0.2, 0.25) is 10.0 Å². The molecular weight excluding hydrogens is 376 g/mol. The maximum Gasteiger partial charge on any atom is 0.244 e. The molecule has 0 aliphatic rings. The zero-order valence-corrected chi connectivity index (χ0v) is 16.0. The van der Waals surface area contributed by atoms with Gasteiger partial charge in [0.15, 0.2) is 0 Å². The molecule has 0 heterocycles. The van der Waals surface area contributed by atoms with E-state index in [0.717, 1.165) is 5.56 Å². The van der Waals surface area contributed by atoms with E-state index >= 15 is 0 Å². The Morgan fingerprint density at radius 2 is 1.95 bits per heavy atom. The van der Waals surface area contributed by atoms with Crippen LogP contribution < -0.4 is 0 Å². The van der Waals surface area contributed by atoms with Gasteiger partial charge in [-0.2, -0.15) is 4.31 Å². The van der Waals surface area contributed by atoms with E-state index in [2.05, 4.69) is 15.9 Å². The summed E-state index contributed by atoms with van der Waals surface area (Å²) in [6.07, 6.45) is 0. The maximum absolute atomic E-state index is 12.9. The van der Waals surface area contributed by atoms with Crippen molar-refractivity contribution in [2.75, 3.05) is 27.2 Å². The lowest BCUT2D eigenvalue weighted by molar-refractivity contribution is 0.271. The molecule has 0 saturated carbocycles. The summed E-state index contributed by atoms with van der Waals surface area (Å²) in [4.78, 5) is 2.26. The first-order valence-electron chi connectivity index (χ1n) is 6.75. The summed E-state index contributed by atoms with van der Waals surface area (Å²) in [7, 11) is 0.330. The average Bonchev–Trinajstić information content (AvgIpc) is 2.37. The topological polar surface area (TPSA) is 40.6 Å². The standard InChI is InChI=1S/C14H22BrClN2O2S/c1-5-18(11(2)10-17(3)4)21(19,20)14-7-6-12(9-16)8-13(14)15/h6-8,11H,5,9-10H2,1-4H3. The Bertz CT molecular complexity index is 578. The maximum atomic E-state index is 12.9. The van der Waals surface area contributed by atoms with Gasteiger partial charge in [0.05, 0.1) is 4.90 Å². The summed E-state index contributed by atoms with van der Waals surface area (Å²) < 4.78 is 27.8. The van der Waals surface area contributed by atoms with Crippen LogP contribution in [0.1, 0.15) is 19.4 Å². The monoisotopic (exact) mass is 396 g/mol. The van der Waals surface area contributed by atoms with Crippen molar-refractivity contribution in [2.24, 2.45) is 0 Å². The fourth-order valence-electron chi connectivity index (χ4n) is 2.30. The number of halogens is 2. The molecule has 0 aliphatic carbocycles. The Kier molecular flexibility index (Phi) is 7.13. The molecule has 0 N–H and O–H groups in total. The first kappa shape index (κ1) is 18.9. The smallest absolute Gasteiger partial charge is 0.244 e. The minimum absolute atomic E-state index is 0.102. The van der Waals surface area contributed by atoms with Gasteiger partial charge in [0.25, 0.3) is 0 Å². The molecule has 0 bridgehead atoms. The molecule has 4 nitrogen and oxygen atoms in total. The summed E-state index contributed by atoms with van der Waals surface area (Å²) in [5.41, 5.74) is 0.881. The van der Waals surface area contributed by atoms with Gasteiger partial charge in [-0.3, -0.25) is 0 Å². The quantitative estimate of drug-likeness (QED) is 0.664. The van der Waals surface area contributed by atoms with Gasteiger partial charge < -0.3 is 4.90 Å². The number of nitrogens with zero attached hydrogens (tertiary/aromatic N) is 2. The van der Waals surface area contributed by atoms with Crippen LogP contribution in [0.15, 0.2) is 27.6 Å². The first-order valence-corrected chi connectivity index (χ1v) is 9.51. The van der Waals surface area contributed by atoms with Gasteiger partial charge >= 0.3 is 0 Å². The lowest BCUT2D eigenvalue weighted by Crippen LogP contribution is -2.43. The van der Waals surface area contributed by atoms with E-state index in [1.54, 1.807) is 18.2 Å². The lowest BCUT2D eigenvalue weighted by atomic mass is 10.2. The Morgan fingerprint density at radius 1 is 1.33 bits per heavy atom. The van der Waals surface area contributed by atoms with Crippen molar-refractivity contribution in [2.45, 2.75) is 30.7 Å². The molecule has 0 radical (unpaired) electrons. The van der Waals surface area contributed by atoms with Crippen LogP contribution >= 0.6 is 27.5 Å². The van der Waals surface area contributed by atoms with Crippen LogP contribution in [0, 0.1) is 0 Å². The highest BCUT2D eigenvalue weighted by Gasteiger charge is 2.29. The molecule has 0 spiro atoms. The summed E-state index contributed by atoms with van der Waals surface area (Å²) >= 11 is 9.12. The molecular formula is C14H22BrClN2O2S. The third-order valence-corrected chi connectivity index (χ3v) is 6.54. The van der Waals surface area contributed by atoms with Gasteiger partial charge in [0, 0.05) is 29.5 Å². The molecule has 1 unspecified atom stereocenters. The predicted molar refractivity (Wildman–Crippen MR) is 91.3 cm³/mol. The van der Waals surface area contributed by atoms with Crippen LogP contribution in [-0.4, -0.2) is 50.8 Å². The Morgan fingerprint density at radius 3 is 2.38 bits per heavy atom. The van der Waals surface area contributed by atoms with Gasteiger partial charge in [0.1, 0.15) is 0 Å². The highest BCUT2D eigenvalue weighted by Crippen LogP contribution is 2.27. The molecule has 1 aromatic rings. The highest BCUT2D eigenvalue weighted by atomic mass is 79.9. The van der Waals surface area contributed by atoms with Crippen LogP contribution in [0.2, 0.25) is 0 Å². The summed E-state index contributed by atoms with van der Waals surface area (Å²) in [5, 5.41) is 0. The van der Waals surface area contributed by atoms with Crippen LogP contribution in [0.3, 0.4) is 0 Å². The van der Waals surface area contributed by atoms with Crippen molar-refractivity contribution in [3.8, 4) is 0 Å². The van der Waals surface area contributed by atoms with Gasteiger partial charge in [-0.15, -0.1) is 11.6 Å². The van der Waals surface area contributed by atoms with Crippen molar-refractivity contribution >= 4 is 37.6 Å². The van der Waals surface area contributed by atoms with E-state index in [0.29, 0.717) is 23.4 Å². The van der Waals surface area contributed by atoms with E-state index in [-0.39, 0.29) is 10.9 Å². The molecule has 7 heteroatoms. The van der Waals surface area contributed by atoms with Crippen molar-refractivity contribution < 1.29 is 8.42 Å². The average molecular weight is 398 g/mol. The molecule has 1 aromatic carbocycles. The van der Waals surface area contributed by atoms with E-state index in [9.17, 15) is 8.42 Å². The predicted octanol–water partition coefficient (Wildman–Crippen LogP) is 3.15. The van der Waals surface area contributed by atoms with Gasteiger partial charge in [-0.1, -0.05) is 13.0 Å². The van der Waals surface area contributed by atoms with Crippen LogP contribution in [0.5, 0.6) is 0 Å². The minimum Gasteiger partial charge on any atom is -0.308 e. The molecule has 0 saturated heterocycles. The molecule has 0 aliphatic heterocycles. The fourth-order valence-corrected chi connectivity index (χ4v) is 5.19. The zero-order valence-electron chi connectivity index (χ0n) is 12.8. The number of sulfonamides is 1. The van der Waals surface area contributed by atoms with E-state index in [1.165, 1.54) is 4.31 Å². The molecule has 120 valence electrons. The summed E-state index contributed by atoms with van der Waals surface area (Å²) in [6, 6.07) is 5.01. The first-order chi connectivity index (χ1) is 9.73. The van der Waals surface area contributed by atoms with E-state index in [1.807, 2.05) is 32.8 Å². The molecule has 0 aromatic heterocycles. The minimum atomic E-state index is -3.53. The second kappa shape index (κ2) is 7.92.